The highest BCUT2D eigenvalue weighted by molar-refractivity contribution is 5.80. The van der Waals surface area contributed by atoms with Crippen molar-refractivity contribution in [2.24, 2.45) is 0 Å². The van der Waals surface area contributed by atoms with Crippen molar-refractivity contribution in [1.82, 2.24) is 29.3 Å². The fourth-order valence-electron chi connectivity index (χ4n) is 5.71. The van der Waals surface area contributed by atoms with Gasteiger partial charge in [-0.3, -0.25) is 18.9 Å². The van der Waals surface area contributed by atoms with Crippen molar-refractivity contribution >= 4 is 5.78 Å². The zero-order valence-corrected chi connectivity index (χ0v) is 21.4. The van der Waals surface area contributed by atoms with E-state index in [-0.39, 0.29) is 11.6 Å². The highest BCUT2D eigenvalue weighted by atomic mass is 16.5. The van der Waals surface area contributed by atoms with Crippen LogP contribution in [0.15, 0.2) is 69.0 Å². The molecule has 0 aliphatic heterocycles. The van der Waals surface area contributed by atoms with Crippen LogP contribution in [0.25, 0.3) is 28.3 Å². The summed E-state index contributed by atoms with van der Waals surface area (Å²) in [5.74, 6) is 0.464. The van der Waals surface area contributed by atoms with Gasteiger partial charge >= 0.3 is 5.76 Å². The largest absolute Gasteiger partial charge is 0.439 e. The molecule has 5 aromatic rings. The number of aromatic nitrogens is 6. The summed E-state index contributed by atoms with van der Waals surface area (Å²) >= 11 is 0. The molecular weight excluding hydrogens is 480 g/mol. The summed E-state index contributed by atoms with van der Waals surface area (Å²) in [7, 11) is 0. The predicted molar refractivity (Wildman–Crippen MR) is 144 cm³/mol. The van der Waals surface area contributed by atoms with Crippen LogP contribution in [0, 0.1) is 0 Å². The Morgan fingerprint density at radius 2 is 1.76 bits per heavy atom. The molecule has 0 saturated heterocycles. The molecule has 3 heterocycles. The van der Waals surface area contributed by atoms with E-state index >= 15 is 0 Å². The van der Waals surface area contributed by atoms with Gasteiger partial charge in [-0.1, -0.05) is 86.3 Å². The minimum Gasteiger partial charge on any atom is -0.296 e. The van der Waals surface area contributed by atoms with Crippen molar-refractivity contribution in [3.63, 3.8) is 0 Å². The fraction of sp³-hybridized carbons (Fsp3) is 0.345. The van der Waals surface area contributed by atoms with Gasteiger partial charge in [0, 0.05) is 23.6 Å². The summed E-state index contributed by atoms with van der Waals surface area (Å²) in [4.78, 5) is 32.6. The zero-order valence-electron chi connectivity index (χ0n) is 21.4. The molecule has 0 bridgehead atoms. The Hall–Kier alpha value is -4.27. The molecule has 1 saturated carbocycles. The van der Waals surface area contributed by atoms with Crippen molar-refractivity contribution in [1.29, 1.82) is 0 Å². The quantitative estimate of drug-likeness (QED) is 0.332. The van der Waals surface area contributed by atoms with Crippen LogP contribution in [0.3, 0.4) is 0 Å². The van der Waals surface area contributed by atoms with Crippen LogP contribution in [0.1, 0.15) is 68.3 Å². The lowest BCUT2D eigenvalue weighted by molar-refractivity contribution is 0.348. The highest BCUT2D eigenvalue weighted by Gasteiger charge is 2.25. The summed E-state index contributed by atoms with van der Waals surface area (Å²) in [6.07, 6.45) is 9.24. The first-order valence-electron chi connectivity index (χ1n) is 13.3. The highest BCUT2D eigenvalue weighted by Crippen LogP contribution is 2.31. The summed E-state index contributed by atoms with van der Waals surface area (Å²) in [5.41, 5.74) is 5.54. The first kappa shape index (κ1) is 24.1. The maximum atomic E-state index is 14.0. The van der Waals surface area contributed by atoms with Gasteiger partial charge in [0.1, 0.15) is 6.33 Å². The van der Waals surface area contributed by atoms with Crippen LogP contribution in [0.4, 0.5) is 0 Å². The zero-order chi connectivity index (χ0) is 26.1. The van der Waals surface area contributed by atoms with Crippen molar-refractivity contribution in [2.45, 2.75) is 64.3 Å². The summed E-state index contributed by atoms with van der Waals surface area (Å²) in [5, 5.41) is 8.39. The lowest BCUT2D eigenvalue weighted by Crippen LogP contribution is -2.33. The molecule has 3 aromatic heterocycles. The third-order valence-electron chi connectivity index (χ3n) is 7.52. The molecular formula is C29H30N6O3. The molecule has 0 radical (unpaired) electrons. The average molecular weight is 511 g/mol. The molecule has 0 amide bonds. The number of rotatable bonds is 7. The van der Waals surface area contributed by atoms with Crippen LogP contribution in [-0.4, -0.2) is 29.3 Å². The van der Waals surface area contributed by atoms with Crippen LogP contribution in [0.5, 0.6) is 0 Å². The topological polar surface area (TPSA) is 111 Å². The molecule has 1 aliphatic rings. The van der Waals surface area contributed by atoms with Gasteiger partial charge in [0.15, 0.2) is 5.82 Å². The van der Waals surface area contributed by atoms with Gasteiger partial charge in [-0.25, -0.2) is 9.31 Å². The van der Waals surface area contributed by atoms with E-state index in [1.54, 1.807) is 6.33 Å². The Kier molecular flexibility index (Phi) is 6.49. The Morgan fingerprint density at radius 3 is 2.47 bits per heavy atom. The van der Waals surface area contributed by atoms with E-state index < -0.39 is 5.76 Å². The Bertz CT molecular complexity index is 1690. The second kappa shape index (κ2) is 10.2. The van der Waals surface area contributed by atoms with Gasteiger partial charge in [-0.2, -0.15) is 10.1 Å². The first-order chi connectivity index (χ1) is 18.6. The third kappa shape index (κ3) is 4.38. The molecule has 9 nitrogen and oxygen atoms in total. The van der Waals surface area contributed by atoms with Gasteiger partial charge in [0.2, 0.25) is 5.78 Å². The van der Waals surface area contributed by atoms with Crippen LogP contribution in [0.2, 0.25) is 0 Å². The maximum absolute atomic E-state index is 14.0. The smallest absolute Gasteiger partial charge is 0.296 e. The monoisotopic (exact) mass is 510 g/mol. The van der Waals surface area contributed by atoms with E-state index in [2.05, 4.69) is 39.3 Å². The van der Waals surface area contributed by atoms with Crippen molar-refractivity contribution in [2.75, 3.05) is 0 Å². The maximum Gasteiger partial charge on any atom is 0.439 e. The Morgan fingerprint density at radius 1 is 1.00 bits per heavy atom. The normalized spacial score (nSPS) is 14.3. The van der Waals surface area contributed by atoms with E-state index in [1.807, 2.05) is 45.5 Å². The number of fused-ring (bicyclic) bond motifs is 1. The number of hydrogen-bond donors (Lipinski definition) is 1. The van der Waals surface area contributed by atoms with Gasteiger partial charge in [-0.15, -0.1) is 0 Å². The Balaban J connectivity index is 1.39. The molecule has 0 unspecified atom stereocenters. The minimum atomic E-state index is -0.587. The van der Waals surface area contributed by atoms with Gasteiger partial charge in [0.25, 0.3) is 5.56 Å². The molecule has 0 spiro atoms. The van der Waals surface area contributed by atoms with Crippen LogP contribution >= 0.6 is 0 Å². The lowest BCUT2D eigenvalue weighted by atomic mass is 9.94. The molecule has 9 heteroatoms. The van der Waals surface area contributed by atoms with Gasteiger partial charge < -0.3 is 0 Å². The lowest BCUT2D eigenvalue weighted by Gasteiger charge is -2.25. The second-order valence-corrected chi connectivity index (χ2v) is 9.98. The van der Waals surface area contributed by atoms with Gasteiger partial charge in [-0.05, 0) is 36.0 Å². The van der Waals surface area contributed by atoms with E-state index in [0.717, 1.165) is 72.0 Å². The van der Waals surface area contributed by atoms with E-state index in [1.165, 1.54) is 6.42 Å². The molecule has 1 N–H and O–H groups in total. The standard InChI is InChI=1S/C29H30N6O3/c1-2-8-25-24(27(36)34(21-9-4-3-5-10-21)28-30-18-31-35(25)28)17-19-13-15-20(16-14-19)22-11-6-7-12-23(22)26-32-29(37)38-33-26/h6-7,11-16,18,21H,2-5,8-10,17H2,1H3,(H,32,33,37). The SMILES string of the molecule is CCCc1c(Cc2ccc(-c3ccccc3-c3noc(=O)[nH]3)cc2)c(=O)n(C2CCCCC2)c2ncnn12. The molecule has 6 rings (SSSR count). The summed E-state index contributed by atoms with van der Waals surface area (Å²) < 4.78 is 8.51. The summed E-state index contributed by atoms with van der Waals surface area (Å²) in [6, 6.07) is 16.1. The van der Waals surface area contributed by atoms with Crippen LogP contribution < -0.4 is 11.3 Å². The molecule has 0 atom stereocenters. The van der Waals surface area contributed by atoms with Crippen LogP contribution in [-0.2, 0) is 12.8 Å². The minimum absolute atomic E-state index is 0.0604. The van der Waals surface area contributed by atoms with Crippen molar-refractivity contribution < 1.29 is 4.52 Å². The Labute approximate surface area is 219 Å². The number of hydrogen-bond acceptors (Lipinski definition) is 6. The number of aryl methyl sites for hydroxylation is 1. The molecule has 1 aliphatic carbocycles. The number of nitrogens with one attached hydrogen (secondary N) is 1. The molecule has 194 valence electrons. The molecule has 2 aromatic carbocycles. The van der Waals surface area contributed by atoms with E-state index in [4.69, 9.17) is 4.52 Å². The average Bonchev–Trinajstić information content (AvgIpc) is 3.61. The van der Waals surface area contributed by atoms with E-state index in [9.17, 15) is 9.59 Å². The summed E-state index contributed by atoms with van der Waals surface area (Å²) in [6.45, 7) is 2.12. The third-order valence-corrected chi connectivity index (χ3v) is 7.52. The fourth-order valence-corrected chi connectivity index (χ4v) is 5.71. The van der Waals surface area contributed by atoms with E-state index in [0.29, 0.717) is 18.0 Å². The first-order valence-corrected chi connectivity index (χ1v) is 13.3. The molecule has 1 fully saturated rings. The van der Waals surface area contributed by atoms with Gasteiger partial charge in [0.05, 0.1) is 5.69 Å². The number of nitrogens with zero attached hydrogens (tertiary/aromatic N) is 5. The predicted octanol–water partition coefficient (Wildman–Crippen LogP) is 4.95. The van der Waals surface area contributed by atoms with Crippen molar-refractivity contribution in [3.8, 4) is 22.5 Å². The number of aromatic amines is 1. The second-order valence-electron chi connectivity index (χ2n) is 9.98. The molecule has 38 heavy (non-hydrogen) atoms. The van der Waals surface area contributed by atoms with Crippen molar-refractivity contribution in [3.05, 3.63) is 92.6 Å². The number of benzene rings is 2. The number of H-pyrrole nitrogens is 1.